The average Bonchev–Trinajstić information content (AvgIpc) is 3.53. The van der Waals surface area contributed by atoms with E-state index in [0.717, 1.165) is 27.4 Å². The van der Waals surface area contributed by atoms with Gasteiger partial charge in [0.2, 0.25) is 4.77 Å². The van der Waals surface area contributed by atoms with E-state index >= 15 is 0 Å². The summed E-state index contributed by atoms with van der Waals surface area (Å²) in [6, 6.07) is 21.5. The van der Waals surface area contributed by atoms with E-state index in [0.29, 0.717) is 15.6 Å². The van der Waals surface area contributed by atoms with Crippen molar-refractivity contribution in [3.8, 4) is 27.6 Å². The van der Waals surface area contributed by atoms with Crippen LogP contribution in [0.3, 0.4) is 0 Å². The third-order valence-corrected chi connectivity index (χ3v) is 6.07. The first-order valence-corrected chi connectivity index (χ1v) is 11.0. The maximum absolute atomic E-state index is 6.36. The molecule has 0 spiro atoms. The van der Waals surface area contributed by atoms with E-state index < -0.39 is 0 Å². The van der Waals surface area contributed by atoms with Crippen LogP contribution in [0.2, 0.25) is 5.02 Å². The van der Waals surface area contributed by atoms with Crippen molar-refractivity contribution in [1.82, 2.24) is 24.7 Å². The number of nitrogens with zero attached hydrogens (tertiary/aromatic N) is 5. The highest BCUT2D eigenvalue weighted by Crippen LogP contribution is 2.28. The van der Waals surface area contributed by atoms with Gasteiger partial charge in [-0.3, -0.25) is 0 Å². The first-order valence-electron chi connectivity index (χ1n) is 9.36. The van der Waals surface area contributed by atoms with Gasteiger partial charge in [0.1, 0.15) is 5.69 Å². The number of halogens is 1. The van der Waals surface area contributed by atoms with Crippen LogP contribution in [0.5, 0.6) is 0 Å². The van der Waals surface area contributed by atoms with E-state index in [9.17, 15) is 0 Å². The summed E-state index contributed by atoms with van der Waals surface area (Å²) < 4.78 is 3.79. The topological polar surface area (TPSA) is 63.8 Å². The number of rotatable bonds is 5. The molecule has 0 unspecified atom stereocenters. The zero-order valence-electron chi connectivity index (χ0n) is 16.0. The lowest BCUT2D eigenvalue weighted by molar-refractivity contribution is 0.871. The minimum absolute atomic E-state index is 0.374. The molecule has 2 aromatic carbocycles. The Morgan fingerprint density at radius 1 is 1.03 bits per heavy atom. The van der Waals surface area contributed by atoms with Gasteiger partial charge in [-0.05, 0) is 47.9 Å². The van der Waals surface area contributed by atoms with Crippen LogP contribution >= 0.6 is 35.2 Å². The molecule has 6 nitrogen and oxygen atoms in total. The SMILES string of the molecule is S=c1[nH]nc(-c2ccccc2Cl)n1N=Cc1cn(-c2ccccc2)nc1-c1cccs1. The third kappa shape index (κ3) is 3.88. The van der Waals surface area contributed by atoms with Crippen LogP contribution in [0.25, 0.3) is 27.6 Å². The Kier molecular flexibility index (Phi) is 5.33. The smallest absolute Gasteiger partial charge is 0.216 e. The van der Waals surface area contributed by atoms with Crippen molar-refractivity contribution in [2.45, 2.75) is 0 Å². The molecular weight excluding hydrogens is 448 g/mol. The number of aromatic amines is 1. The monoisotopic (exact) mass is 462 g/mol. The van der Waals surface area contributed by atoms with Crippen LogP contribution < -0.4 is 0 Å². The number of H-pyrrole nitrogens is 1. The average molecular weight is 463 g/mol. The molecule has 0 atom stereocenters. The van der Waals surface area contributed by atoms with Crippen LogP contribution in [-0.2, 0) is 0 Å². The Bertz CT molecular complexity index is 1410. The van der Waals surface area contributed by atoms with Gasteiger partial charge in [-0.1, -0.05) is 48.0 Å². The Hall–Kier alpha value is -3.33. The molecule has 0 saturated heterocycles. The predicted molar refractivity (Wildman–Crippen MR) is 128 cm³/mol. The van der Waals surface area contributed by atoms with Crippen LogP contribution in [0.4, 0.5) is 0 Å². The van der Waals surface area contributed by atoms with Gasteiger partial charge < -0.3 is 0 Å². The maximum Gasteiger partial charge on any atom is 0.216 e. The van der Waals surface area contributed by atoms with E-state index in [4.69, 9.17) is 28.9 Å². The molecule has 0 aliphatic carbocycles. The highest BCUT2D eigenvalue weighted by molar-refractivity contribution is 7.71. The van der Waals surface area contributed by atoms with E-state index in [1.54, 1.807) is 22.2 Å². The first-order chi connectivity index (χ1) is 15.2. The number of nitrogens with one attached hydrogen (secondary N) is 1. The molecule has 3 aromatic heterocycles. The summed E-state index contributed by atoms with van der Waals surface area (Å²) in [7, 11) is 0. The summed E-state index contributed by atoms with van der Waals surface area (Å²) in [6.45, 7) is 0. The summed E-state index contributed by atoms with van der Waals surface area (Å²) in [5, 5.41) is 19.1. The van der Waals surface area contributed by atoms with Gasteiger partial charge in [-0.2, -0.15) is 20.0 Å². The van der Waals surface area contributed by atoms with Gasteiger partial charge in [0, 0.05) is 17.3 Å². The lowest BCUT2D eigenvalue weighted by Crippen LogP contribution is -1.95. The van der Waals surface area contributed by atoms with E-state index in [2.05, 4.69) is 15.3 Å². The van der Waals surface area contributed by atoms with Crippen molar-refractivity contribution < 1.29 is 0 Å². The molecule has 9 heteroatoms. The Balaban J connectivity index is 1.60. The van der Waals surface area contributed by atoms with Gasteiger partial charge in [0.15, 0.2) is 5.82 Å². The van der Waals surface area contributed by atoms with E-state index in [1.807, 2.05) is 83.0 Å². The lowest BCUT2D eigenvalue weighted by Gasteiger charge is -2.02. The van der Waals surface area contributed by atoms with Crippen molar-refractivity contribution in [3.05, 3.63) is 93.7 Å². The second kappa shape index (κ2) is 8.43. The fourth-order valence-corrected chi connectivity index (χ4v) is 4.27. The standard InChI is InChI=1S/C22H15ClN6S2/c23-18-10-5-4-9-17(18)21-25-26-22(30)29(21)24-13-15-14-28(16-7-2-1-3-8-16)27-20(15)19-11-6-12-31-19/h1-14H,(H,26,30). The van der Waals surface area contributed by atoms with Gasteiger partial charge in [-0.15, -0.1) is 11.3 Å². The van der Waals surface area contributed by atoms with E-state index in [-0.39, 0.29) is 0 Å². The molecule has 0 aliphatic heterocycles. The highest BCUT2D eigenvalue weighted by Gasteiger charge is 2.14. The number of thiophene rings is 1. The largest absolute Gasteiger partial charge is 0.250 e. The van der Waals surface area contributed by atoms with Crippen LogP contribution in [0, 0.1) is 4.77 Å². The lowest BCUT2D eigenvalue weighted by atomic mass is 10.2. The molecular formula is C22H15ClN6S2. The van der Waals surface area contributed by atoms with Crippen molar-refractivity contribution in [2.24, 2.45) is 5.10 Å². The van der Waals surface area contributed by atoms with E-state index in [1.165, 1.54) is 0 Å². The molecule has 5 aromatic rings. The summed E-state index contributed by atoms with van der Waals surface area (Å²) in [5.41, 5.74) is 3.42. The molecule has 0 bridgehead atoms. The summed E-state index contributed by atoms with van der Waals surface area (Å²) in [5.74, 6) is 0.542. The predicted octanol–water partition coefficient (Wildman–Crippen LogP) is 6.06. The van der Waals surface area contributed by atoms with Crippen LogP contribution in [-0.4, -0.2) is 30.9 Å². The van der Waals surface area contributed by atoms with Gasteiger partial charge in [0.25, 0.3) is 0 Å². The van der Waals surface area contributed by atoms with Crippen LogP contribution in [0.15, 0.2) is 83.4 Å². The number of aromatic nitrogens is 5. The molecule has 3 heterocycles. The zero-order valence-corrected chi connectivity index (χ0v) is 18.4. The van der Waals surface area contributed by atoms with Crippen molar-refractivity contribution >= 4 is 41.4 Å². The molecule has 31 heavy (non-hydrogen) atoms. The number of benzene rings is 2. The zero-order chi connectivity index (χ0) is 21.2. The Morgan fingerprint density at radius 3 is 2.61 bits per heavy atom. The first kappa shape index (κ1) is 19.6. The summed E-state index contributed by atoms with van der Waals surface area (Å²) in [4.78, 5) is 1.05. The van der Waals surface area contributed by atoms with Gasteiger partial charge in [0.05, 0.1) is 21.8 Å². The molecule has 0 fully saturated rings. The summed E-state index contributed by atoms with van der Waals surface area (Å²) >= 11 is 13.4. The van der Waals surface area contributed by atoms with Crippen molar-refractivity contribution in [1.29, 1.82) is 0 Å². The quantitative estimate of drug-likeness (QED) is 0.255. The fourth-order valence-electron chi connectivity index (χ4n) is 3.14. The summed E-state index contributed by atoms with van der Waals surface area (Å²) in [6.07, 6.45) is 3.69. The Labute approximate surface area is 192 Å². The minimum atomic E-state index is 0.374. The van der Waals surface area contributed by atoms with Gasteiger partial charge >= 0.3 is 0 Å². The fraction of sp³-hybridized carbons (Fsp3) is 0. The normalized spacial score (nSPS) is 11.4. The molecule has 0 saturated carbocycles. The molecule has 152 valence electrons. The van der Waals surface area contributed by atoms with Crippen LogP contribution in [0.1, 0.15) is 5.56 Å². The molecule has 5 rings (SSSR count). The van der Waals surface area contributed by atoms with Crippen molar-refractivity contribution in [2.75, 3.05) is 0 Å². The van der Waals surface area contributed by atoms with Crippen molar-refractivity contribution in [3.63, 3.8) is 0 Å². The maximum atomic E-state index is 6.36. The molecule has 0 aliphatic rings. The molecule has 0 amide bonds. The number of hydrogen-bond acceptors (Lipinski definition) is 5. The Morgan fingerprint density at radius 2 is 1.84 bits per heavy atom. The highest BCUT2D eigenvalue weighted by atomic mass is 35.5. The number of hydrogen-bond donors (Lipinski definition) is 1. The second-order valence-corrected chi connectivity index (χ2v) is 8.32. The number of para-hydroxylation sites is 1. The third-order valence-electron chi connectivity index (χ3n) is 4.60. The van der Waals surface area contributed by atoms with Gasteiger partial charge in [-0.25, -0.2) is 9.78 Å². The molecule has 0 radical (unpaired) electrons. The molecule has 1 N–H and O–H groups in total. The minimum Gasteiger partial charge on any atom is -0.250 e. The second-order valence-electron chi connectivity index (χ2n) is 6.58.